The molecule has 0 atom stereocenters. The number of hydrogen-bond acceptors (Lipinski definition) is 4. The van der Waals surface area contributed by atoms with Crippen LogP contribution in [-0.4, -0.2) is 15.0 Å². The minimum Gasteiger partial charge on any atom is -0.486 e. The molecule has 4 aromatic heterocycles. The Morgan fingerprint density at radius 3 is 2.20 bits per heavy atom. The first-order valence-electron chi connectivity index (χ1n) is 16.3. The third kappa shape index (κ3) is 6.49. The largest absolute Gasteiger partial charge is 0.486 e. The maximum atomic E-state index is 6.21. The quantitative estimate of drug-likeness (QED) is 0.166. The molecule has 0 N–H and O–H groups in total. The molecule has 0 aliphatic heterocycles. The van der Waals surface area contributed by atoms with Gasteiger partial charge in [-0.2, -0.15) is 0 Å². The molecule has 5 aromatic carbocycles. The zero-order valence-electron chi connectivity index (χ0n) is 27.5. The Labute approximate surface area is 304 Å². The molecule has 0 bridgehead atoms. The minimum absolute atomic E-state index is 0. The fraction of sp³-hybridized carbons (Fsp3) is 0.0444. The monoisotopic (exact) mass is 822 g/mol. The van der Waals surface area contributed by atoms with Gasteiger partial charge in [0, 0.05) is 43.6 Å². The molecule has 5 heteroatoms. The summed E-state index contributed by atoms with van der Waals surface area (Å²) in [6.45, 7) is 4.17. The van der Waals surface area contributed by atoms with E-state index in [1.54, 1.807) is 6.20 Å². The molecular weight excluding hydrogens is 791 g/mol. The van der Waals surface area contributed by atoms with Gasteiger partial charge in [0.15, 0.2) is 0 Å². The van der Waals surface area contributed by atoms with Gasteiger partial charge in [-0.1, -0.05) is 83.7 Å². The second-order valence-electron chi connectivity index (χ2n) is 12.0. The molecule has 0 aliphatic carbocycles. The Hall–Kier alpha value is -5.74. The van der Waals surface area contributed by atoms with Crippen LogP contribution in [0.3, 0.4) is 0 Å². The fourth-order valence-electron chi connectivity index (χ4n) is 6.32. The third-order valence-corrected chi connectivity index (χ3v) is 8.81. The summed E-state index contributed by atoms with van der Waals surface area (Å²) in [7, 11) is 0. The van der Waals surface area contributed by atoms with Crippen molar-refractivity contribution >= 4 is 32.8 Å². The van der Waals surface area contributed by atoms with Gasteiger partial charge in [-0.15, -0.1) is 54.1 Å². The predicted molar refractivity (Wildman–Crippen MR) is 200 cm³/mol. The van der Waals surface area contributed by atoms with Crippen molar-refractivity contribution in [3.63, 3.8) is 0 Å². The first-order chi connectivity index (χ1) is 24.1. The third-order valence-electron chi connectivity index (χ3n) is 8.81. The van der Waals surface area contributed by atoms with E-state index < -0.39 is 0 Å². The molecule has 50 heavy (non-hydrogen) atoms. The molecule has 9 aromatic rings. The normalized spacial score (nSPS) is 10.8. The van der Waals surface area contributed by atoms with E-state index in [-0.39, 0.29) is 20.1 Å². The Bertz CT molecular complexity index is 2530. The average molecular weight is 822 g/mol. The van der Waals surface area contributed by atoms with Crippen molar-refractivity contribution in [1.29, 1.82) is 0 Å². The van der Waals surface area contributed by atoms with Crippen LogP contribution in [0.25, 0.3) is 77.6 Å². The molecule has 9 rings (SSSR count). The number of benzene rings is 5. The summed E-state index contributed by atoms with van der Waals surface area (Å²) in [6, 6.07) is 54.1. The van der Waals surface area contributed by atoms with Crippen LogP contribution in [0.15, 0.2) is 156 Å². The van der Waals surface area contributed by atoms with Crippen LogP contribution in [0.2, 0.25) is 0 Å². The molecule has 0 saturated heterocycles. The number of hydrogen-bond donors (Lipinski definition) is 0. The van der Waals surface area contributed by atoms with Gasteiger partial charge >= 0.3 is 0 Å². The van der Waals surface area contributed by atoms with Crippen LogP contribution in [0.1, 0.15) is 11.3 Å². The minimum atomic E-state index is 0. The second-order valence-corrected chi connectivity index (χ2v) is 12.0. The van der Waals surface area contributed by atoms with Gasteiger partial charge in [-0.3, -0.25) is 0 Å². The predicted octanol–water partition coefficient (Wildman–Crippen LogP) is 11.5. The summed E-state index contributed by atoms with van der Waals surface area (Å²) in [5.74, 6) is 0. The van der Waals surface area contributed by atoms with Gasteiger partial charge in [-0.05, 0) is 94.2 Å². The number of aryl methyl sites for hydroxylation is 2. The number of rotatable bonds is 4. The fourth-order valence-corrected chi connectivity index (χ4v) is 6.32. The zero-order chi connectivity index (χ0) is 33.2. The Balaban J connectivity index is 0.000000255. The Morgan fingerprint density at radius 1 is 0.560 bits per heavy atom. The maximum absolute atomic E-state index is 6.21. The van der Waals surface area contributed by atoms with E-state index >= 15 is 0 Å². The number of nitrogens with zero attached hydrogens (tertiary/aromatic N) is 3. The molecule has 1 radical (unpaired) electrons. The molecule has 0 spiro atoms. The van der Waals surface area contributed by atoms with Crippen molar-refractivity contribution in [2.75, 3.05) is 0 Å². The van der Waals surface area contributed by atoms with E-state index in [0.29, 0.717) is 5.71 Å². The summed E-state index contributed by atoms with van der Waals surface area (Å²) in [5, 5.41) is 4.52. The van der Waals surface area contributed by atoms with E-state index in [9.17, 15) is 0 Å². The smallest absolute Gasteiger partial charge is 0.216 e. The molecule has 0 saturated carbocycles. The van der Waals surface area contributed by atoms with Crippen LogP contribution in [-0.2, 0) is 20.1 Å². The summed E-state index contributed by atoms with van der Waals surface area (Å²) < 4.78 is 6.21. The molecule has 243 valence electrons. The van der Waals surface area contributed by atoms with Crippen LogP contribution < -0.4 is 0 Å². The standard InChI is InChI=1S/C34H23N2O.C11H8N.Ir/c1-21-11-14-30-29-9-6-10-31(33(29)37-34(30)36-21)32-20-26(17-18-35-32)28-16-13-25-19-24(12-15-27(25)22(28)2)23-7-4-3-5-8-23;1-2-6-10(7-3-1)11-8-4-5-9-12-11;/h3-9,11-20H,1-2H3;1-6,8-9H;/q2*-1;. The summed E-state index contributed by atoms with van der Waals surface area (Å²) in [4.78, 5) is 13.5. The summed E-state index contributed by atoms with van der Waals surface area (Å²) in [5.41, 5.74) is 12.0. The van der Waals surface area contributed by atoms with Gasteiger partial charge in [0.05, 0.1) is 5.58 Å². The zero-order valence-corrected chi connectivity index (χ0v) is 29.9. The van der Waals surface area contributed by atoms with Gasteiger partial charge < -0.3 is 14.4 Å². The van der Waals surface area contributed by atoms with Gasteiger partial charge in [0.25, 0.3) is 0 Å². The Kier molecular flexibility index (Phi) is 9.44. The van der Waals surface area contributed by atoms with E-state index in [1.807, 2.05) is 79.9 Å². The van der Waals surface area contributed by atoms with Crippen LogP contribution >= 0.6 is 0 Å². The topological polar surface area (TPSA) is 51.8 Å². The van der Waals surface area contributed by atoms with Crippen molar-refractivity contribution in [3.8, 4) is 44.8 Å². The second kappa shape index (κ2) is 14.4. The van der Waals surface area contributed by atoms with E-state index in [4.69, 9.17) is 9.40 Å². The summed E-state index contributed by atoms with van der Waals surface area (Å²) >= 11 is 0. The average Bonchev–Trinajstić information content (AvgIpc) is 3.54. The molecule has 0 amide bonds. The van der Waals surface area contributed by atoms with E-state index in [1.165, 1.54) is 33.0 Å². The molecule has 0 aliphatic rings. The van der Waals surface area contributed by atoms with E-state index in [0.717, 1.165) is 50.1 Å². The van der Waals surface area contributed by atoms with Crippen molar-refractivity contribution in [2.24, 2.45) is 0 Å². The van der Waals surface area contributed by atoms with E-state index in [2.05, 4.69) is 102 Å². The summed E-state index contributed by atoms with van der Waals surface area (Å²) in [6.07, 6.45) is 3.65. The van der Waals surface area contributed by atoms with Crippen molar-refractivity contribution in [1.82, 2.24) is 15.0 Å². The Morgan fingerprint density at radius 2 is 1.38 bits per heavy atom. The van der Waals surface area contributed by atoms with Crippen LogP contribution in [0.5, 0.6) is 0 Å². The molecule has 0 fully saturated rings. The molecule has 4 nitrogen and oxygen atoms in total. The molecule has 4 heterocycles. The first-order valence-corrected chi connectivity index (χ1v) is 16.3. The van der Waals surface area contributed by atoms with Crippen LogP contribution in [0, 0.1) is 26.0 Å². The number of furan rings is 1. The SMILES string of the molecule is Cc1ccc2c(n1)oc1c(-c3cc(-c4ccc5cc(-c6ccccc6)ccc5c4C)ccn3)[c-]ccc12.[Ir].[c-]1ccccc1-c1ccccn1. The van der Waals surface area contributed by atoms with Gasteiger partial charge in [0.2, 0.25) is 5.71 Å². The van der Waals surface area contributed by atoms with Gasteiger partial charge in [-0.25, -0.2) is 4.98 Å². The maximum Gasteiger partial charge on any atom is 0.216 e. The van der Waals surface area contributed by atoms with Crippen LogP contribution in [0.4, 0.5) is 0 Å². The molecular formula is C45H31IrN3O-2. The number of fused-ring (bicyclic) bond motifs is 4. The van der Waals surface area contributed by atoms with Crippen molar-refractivity contribution in [2.45, 2.75) is 13.8 Å². The first kappa shape index (κ1) is 32.8. The van der Waals surface area contributed by atoms with Crippen molar-refractivity contribution < 1.29 is 24.5 Å². The van der Waals surface area contributed by atoms with Crippen molar-refractivity contribution in [3.05, 3.63) is 175 Å². The number of pyridine rings is 3. The molecule has 0 unspecified atom stereocenters. The number of aromatic nitrogens is 3. The van der Waals surface area contributed by atoms with Gasteiger partial charge in [0.1, 0.15) is 0 Å².